The molecule has 5 heteroatoms. The number of aryl methyl sites for hydroxylation is 2. The number of nitrogens with zero attached hydrogens (tertiary/aromatic N) is 4. The van der Waals surface area contributed by atoms with E-state index in [9.17, 15) is 4.79 Å². The van der Waals surface area contributed by atoms with Gasteiger partial charge < -0.3 is 4.57 Å². The molecule has 0 fully saturated rings. The van der Waals surface area contributed by atoms with Gasteiger partial charge in [0, 0.05) is 0 Å². The normalized spacial score (nSPS) is 11.4. The topological polar surface area (TPSA) is 52.2 Å². The Kier molecular flexibility index (Phi) is 3.01. The Morgan fingerprint density at radius 3 is 2.35 bits per heavy atom. The van der Waals surface area contributed by atoms with Crippen molar-refractivity contribution in [2.24, 2.45) is 0 Å². The summed E-state index contributed by atoms with van der Waals surface area (Å²) in [4.78, 5) is 12.5. The van der Waals surface area contributed by atoms with Crippen LogP contribution in [0.3, 0.4) is 0 Å². The third-order valence-electron chi connectivity index (χ3n) is 4.12. The van der Waals surface area contributed by atoms with E-state index in [1.807, 2.05) is 28.8 Å². The van der Waals surface area contributed by atoms with Crippen molar-refractivity contribution < 1.29 is 0 Å². The van der Waals surface area contributed by atoms with Gasteiger partial charge in [-0.1, -0.05) is 42.0 Å². The lowest BCUT2D eigenvalue weighted by atomic mass is 10.1. The zero-order valence-corrected chi connectivity index (χ0v) is 13.0. The molecule has 4 aromatic rings. The minimum absolute atomic E-state index is 0.117. The molecule has 4 rings (SSSR count). The van der Waals surface area contributed by atoms with E-state index in [0.29, 0.717) is 18.0 Å². The van der Waals surface area contributed by atoms with Gasteiger partial charge in [0.25, 0.3) is 5.56 Å². The van der Waals surface area contributed by atoms with Crippen molar-refractivity contribution >= 4 is 16.8 Å². The summed E-state index contributed by atoms with van der Waals surface area (Å²) >= 11 is 0. The Labute approximate surface area is 132 Å². The predicted octanol–water partition coefficient (Wildman–Crippen LogP) is 2.71. The fourth-order valence-corrected chi connectivity index (χ4v) is 2.87. The quantitative estimate of drug-likeness (QED) is 0.572. The molecule has 0 saturated carbocycles. The second-order valence-corrected chi connectivity index (χ2v) is 5.79. The van der Waals surface area contributed by atoms with Crippen molar-refractivity contribution in [2.45, 2.75) is 20.4 Å². The zero-order valence-electron chi connectivity index (χ0n) is 13.0. The summed E-state index contributed by atoms with van der Waals surface area (Å²) in [5.41, 5.74) is 4.51. The minimum Gasteiger partial charge on any atom is -0.304 e. The number of aromatic nitrogens is 4. The largest absolute Gasteiger partial charge is 0.304 e. The molecule has 0 radical (unpaired) electrons. The monoisotopic (exact) mass is 304 g/mol. The van der Waals surface area contributed by atoms with Gasteiger partial charge in [-0.2, -0.15) is 0 Å². The standard InChI is InChI=1S/C18H16N4O/c1-12-7-9-14(10-8-12)11-21-15-5-3-4-6-16(15)22-17(23)13(2)19-20-18(21)22/h3-10H,11H2,1-2H3. The number of fused-ring (bicyclic) bond motifs is 3. The molecule has 2 aromatic heterocycles. The van der Waals surface area contributed by atoms with Gasteiger partial charge in [-0.05, 0) is 31.5 Å². The van der Waals surface area contributed by atoms with Crippen molar-refractivity contribution in [3.8, 4) is 0 Å². The van der Waals surface area contributed by atoms with Gasteiger partial charge in [-0.15, -0.1) is 10.2 Å². The maximum absolute atomic E-state index is 12.5. The number of hydrogen-bond acceptors (Lipinski definition) is 3. The lowest BCUT2D eigenvalue weighted by Gasteiger charge is -2.06. The van der Waals surface area contributed by atoms with Crippen LogP contribution in [-0.2, 0) is 6.54 Å². The van der Waals surface area contributed by atoms with Crippen molar-refractivity contribution in [1.82, 2.24) is 19.2 Å². The van der Waals surface area contributed by atoms with Crippen LogP contribution in [0.4, 0.5) is 0 Å². The molecule has 0 saturated heterocycles. The summed E-state index contributed by atoms with van der Waals surface area (Å²) < 4.78 is 3.68. The number of benzene rings is 2. The van der Waals surface area contributed by atoms with Crippen LogP contribution in [0.1, 0.15) is 16.8 Å². The van der Waals surface area contributed by atoms with Gasteiger partial charge in [0.1, 0.15) is 5.69 Å². The molecule has 5 nitrogen and oxygen atoms in total. The molecule has 2 heterocycles. The third kappa shape index (κ3) is 2.12. The molecule has 0 unspecified atom stereocenters. The summed E-state index contributed by atoms with van der Waals surface area (Å²) in [5.74, 6) is 0.572. The van der Waals surface area contributed by atoms with Crippen LogP contribution in [-0.4, -0.2) is 19.2 Å². The molecular weight excluding hydrogens is 288 g/mol. The van der Waals surface area contributed by atoms with E-state index in [1.165, 1.54) is 5.56 Å². The Hall–Kier alpha value is -2.95. The average Bonchev–Trinajstić information content (AvgIpc) is 2.88. The van der Waals surface area contributed by atoms with E-state index in [0.717, 1.165) is 16.6 Å². The van der Waals surface area contributed by atoms with Crippen molar-refractivity contribution in [2.75, 3.05) is 0 Å². The highest BCUT2D eigenvalue weighted by Gasteiger charge is 2.14. The molecule has 0 bridgehead atoms. The predicted molar refractivity (Wildman–Crippen MR) is 89.8 cm³/mol. The molecule has 0 amide bonds. The summed E-state index contributed by atoms with van der Waals surface area (Å²) in [5, 5.41) is 8.28. The fraction of sp³-hybridized carbons (Fsp3) is 0.167. The average molecular weight is 304 g/mol. The summed E-state index contributed by atoms with van der Waals surface area (Å²) in [6, 6.07) is 16.2. The lowest BCUT2D eigenvalue weighted by Crippen LogP contribution is -2.19. The van der Waals surface area contributed by atoms with Gasteiger partial charge in [0.2, 0.25) is 5.78 Å². The van der Waals surface area contributed by atoms with Gasteiger partial charge >= 0.3 is 0 Å². The maximum Gasteiger partial charge on any atom is 0.281 e. The Bertz CT molecular complexity index is 1070. The molecule has 0 aliphatic carbocycles. The minimum atomic E-state index is -0.117. The van der Waals surface area contributed by atoms with Crippen LogP contribution in [0.25, 0.3) is 16.8 Å². The molecule has 0 atom stereocenters. The number of para-hydroxylation sites is 2. The molecule has 2 aromatic carbocycles. The van der Waals surface area contributed by atoms with Crippen LogP contribution in [0.15, 0.2) is 53.3 Å². The van der Waals surface area contributed by atoms with E-state index >= 15 is 0 Å². The van der Waals surface area contributed by atoms with Gasteiger partial charge in [-0.25, -0.2) is 4.40 Å². The van der Waals surface area contributed by atoms with Crippen LogP contribution in [0, 0.1) is 13.8 Å². The number of imidazole rings is 1. The van der Waals surface area contributed by atoms with E-state index in [4.69, 9.17) is 0 Å². The van der Waals surface area contributed by atoms with E-state index < -0.39 is 0 Å². The molecular formula is C18H16N4O. The van der Waals surface area contributed by atoms with Gasteiger partial charge in [0.05, 0.1) is 17.6 Å². The highest BCUT2D eigenvalue weighted by Crippen LogP contribution is 2.19. The molecule has 0 aliphatic rings. The van der Waals surface area contributed by atoms with E-state index in [1.54, 1.807) is 11.3 Å². The first-order valence-corrected chi connectivity index (χ1v) is 7.54. The first-order chi connectivity index (χ1) is 11.1. The highest BCUT2D eigenvalue weighted by molar-refractivity contribution is 5.80. The molecule has 0 N–H and O–H groups in total. The first kappa shape index (κ1) is 13.7. The molecule has 114 valence electrons. The summed E-state index contributed by atoms with van der Waals surface area (Å²) in [6.45, 7) is 4.40. The van der Waals surface area contributed by atoms with Crippen LogP contribution in [0.5, 0.6) is 0 Å². The lowest BCUT2D eigenvalue weighted by molar-refractivity contribution is 0.797. The first-order valence-electron chi connectivity index (χ1n) is 7.54. The van der Waals surface area contributed by atoms with Crippen molar-refractivity contribution in [1.29, 1.82) is 0 Å². The van der Waals surface area contributed by atoms with Crippen molar-refractivity contribution in [3.05, 3.63) is 75.7 Å². The zero-order chi connectivity index (χ0) is 16.0. The summed E-state index contributed by atoms with van der Waals surface area (Å²) in [6.07, 6.45) is 0. The second-order valence-electron chi connectivity index (χ2n) is 5.79. The second kappa shape index (κ2) is 5.05. The number of rotatable bonds is 2. The summed E-state index contributed by atoms with van der Waals surface area (Å²) in [7, 11) is 0. The molecule has 23 heavy (non-hydrogen) atoms. The van der Waals surface area contributed by atoms with Crippen LogP contribution in [0.2, 0.25) is 0 Å². The Balaban J connectivity index is 2.02. The van der Waals surface area contributed by atoms with Crippen molar-refractivity contribution in [3.63, 3.8) is 0 Å². The van der Waals surface area contributed by atoms with Crippen LogP contribution >= 0.6 is 0 Å². The van der Waals surface area contributed by atoms with E-state index in [-0.39, 0.29) is 5.56 Å². The maximum atomic E-state index is 12.5. The Morgan fingerprint density at radius 1 is 0.913 bits per heavy atom. The number of hydrogen-bond donors (Lipinski definition) is 0. The van der Waals surface area contributed by atoms with Gasteiger partial charge in [0.15, 0.2) is 0 Å². The molecule has 0 aliphatic heterocycles. The molecule has 0 spiro atoms. The third-order valence-corrected chi connectivity index (χ3v) is 4.12. The Morgan fingerprint density at radius 2 is 1.61 bits per heavy atom. The van der Waals surface area contributed by atoms with E-state index in [2.05, 4.69) is 41.4 Å². The van der Waals surface area contributed by atoms with Crippen LogP contribution < -0.4 is 5.56 Å². The SMILES string of the molecule is Cc1ccc(Cn2c3ccccc3n3c(=O)c(C)nnc23)cc1. The fourth-order valence-electron chi connectivity index (χ4n) is 2.87. The van der Waals surface area contributed by atoms with Gasteiger partial charge in [-0.3, -0.25) is 4.79 Å². The highest BCUT2D eigenvalue weighted by atomic mass is 16.1. The smallest absolute Gasteiger partial charge is 0.281 e.